The van der Waals surface area contributed by atoms with E-state index in [1.165, 1.54) is 11.3 Å². The van der Waals surface area contributed by atoms with Crippen molar-refractivity contribution >= 4 is 33.3 Å². The number of fused-ring (bicyclic) bond motifs is 1. The van der Waals surface area contributed by atoms with E-state index in [0.717, 1.165) is 27.2 Å². The predicted molar refractivity (Wildman–Crippen MR) is 111 cm³/mol. The number of rotatable bonds is 7. The van der Waals surface area contributed by atoms with Crippen LogP contribution in [0.15, 0.2) is 60.8 Å². The van der Waals surface area contributed by atoms with E-state index in [1.54, 1.807) is 0 Å². The van der Waals surface area contributed by atoms with Gasteiger partial charge in [0.1, 0.15) is 17.4 Å². The van der Waals surface area contributed by atoms with E-state index < -0.39 is 0 Å². The van der Waals surface area contributed by atoms with Gasteiger partial charge in [-0.05, 0) is 36.8 Å². The molecule has 0 saturated carbocycles. The van der Waals surface area contributed by atoms with Gasteiger partial charge in [-0.2, -0.15) is 0 Å². The lowest BCUT2D eigenvalue weighted by atomic mass is 10.2. The van der Waals surface area contributed by atoms with Crippen LogP contribution in [0.25, 0.3) is 10.9 Å². The van der Waals surface area contributed by atoms with Crippen molar-refractivity contribution in [2.75, 3.05) is 5.32 Å². The summed E-state index contributed by atoms with van der Waals surface area (Å²) in [7, 11) is 0. The number of aromatic nitrogens is 3. The molecule has 2 heterocycles. The molecular formula is C21H20N4O2S. The molecule has 0 bridgehead atoms. The Morgan fingerprint density at radius 1 is 1.14 bits per heavy atom. The summed E-state index contributed by atoms with van der Waals surface area (Å²) in [6, 6.07) is 18.2. The number of carbonyl (C=O) groups is 1. The van der Waals surface area contributed by atoms with Gasteiger partial charge in [0.05, 0.1) is 0 Å². The van der Waals surface area contributed by atoms with Crippen molar-refractivity contribution in [3.8, 4) is 5.75 Å². The number of ether oxygens (including phenoxy) is 1. The maximum atomic E-state index is 12.1. The van der Waals surface area contributed by atoms with E-state index in [0.29, 0.717) is 24.7 Å². The zero-order valence-corrected chi connectivity index (χ0v) is 16.3. The number of hydrogen-bond donors (Lipinski definition) is 1. The fourth-order valence-electron chi connectivity index (χ4n) is 2.95. The Balaban J connectivity index is 1.36. The van der Waals surface area contributed by atoms with Crippen molar-refractivity contribution < 1.29 is 9.53 Å². The van der Waals surface area contributed by atoms with Crippen LogP contribution in [0, 0.1) is 6.92 Å². The third-order valence-corrected chi connectivity index (χ3v) is 5.10. The number of nitrogens with one attached hydrogen (secondary N) is 1. The Kier molecular flexibility index (Phi) is 5.34. The maximum Gasteiger partial charge on any atom is 0.227 e. The summed E-state index contributed by atoms with van der Waals surface area (Å²) >= 11 is 1.37. The van der Waals surface area contributed by atoms with Gasteiger partial charge in [-0.25, -0.2) is 0 Å². The van der Waals surface area contributed by atoms with Crippen molar-refractivity contribution in [3.63, 3.8) is 0 Å². The molecule has 1 amide bonds. The Morgan fingerprint density at radius 2 is 2.00 bits per heavy atom. The standard InChI is InChI=1S/C21H20N4O2S/c1-15-23-24-21(28-15)22-20(26)10-12-25-11-9-17-13-18(7-8-19(17)25)27-14-16-5-3-2-4-6-16/h2-9,11,13H,10,12,14H2,1H3,(H,22,24,26). The van der Waals surface area contributed by atoms with Gasteiger partial charge < -0.3 is 14.6 Å². The highest BCUT2D eigenvalue weighted by Crippen LogP contribution is 2.23. The smallest absolute Gasteiger partial charge is 0.227 e. The molecule has 0 atom stereocenters. The van der Waals surface area contributed by atoms with E-state index in [4.69, 9.17) is 4.74 Å². The summed E-state index contributed by atoms with van der Waals surface area (Å²) in [6.07, 6.45) is 2.36. The van der Waals surface area contributed by atoms with Crippen LogP contribution in [0.2, 0.25) is 0 Å². The maximum absolute atomic E-state index is 12.1. The van der Waals surface area contributed by atoms with Gasteiger partial charge in [0.25, 0.3) is 0 Å². The molecule has 0 fully saturated rings. The Labute approximate surface area is 166 Å². The zero-order valence-electron chi connectivity index (χ0n) is 15.5. The normalized spacial score (nSPS) is 10.9. The molecule has 142 valence electrons. The van der Waals surface area contributed by atoms with Crippen LogP contribution in [0.4, 0.5) is 5.13 Å². The molecule has 7 heteroatoms. The highest BCUT2D eigenvalue weighted by Gasteiger charge is 2.08. The molecule has 0 aliphatic rings. The average molecular weight is 392 g/mol. The molecule has 0 spiro atoms. The number of carbonyl (C=O) groups excluding carboxylic acids is 1. The first-order valence-corrected chi connectivity index (χ1v) is 9.84. The molecule has 1 N–H and O–H groups in total. The second kappa shape index (κ2) is 8.22. The number of amides is 1. The second-order valence-corrected chi connectivity index (χ2v) is 7.61. The molecule has 2 aromatic heterocycles. The first-order chi connectivity index (χ1) is 13.7. The second-order valence-electron chi connectivity index (χ2n) is 6.43. The van der Waals surface area contributed by atoms with E-state index >= 15 is 0 Å². The topological polar surface area (TPSA) is 69.0 Å². The van der Waals surface area contributed by atoms with Crippen molar-refractivity contribution in [1.29, 1.82) is 0 Å². The average Bonchev–Trinajstić information content (AvgIpc) is 3.31. The Hall–Kier alpha value is -3.19. The molecule has 0 aliphatic heterocycles. The zero-order chi connectivity index (χ0) is 19.3. The van der Waals surface area contributed by atoms with Gasteiger partial charge in [0, 0.05) is 30.1 Å². The number of hydrogen-bond acceptors (Lipinski definition) is 5. The van der Waals surface area contributed by atoms with Gasteiger partial charge in [0.15, 0.2) is 0 Å². The van der Waals surface area contributed by atoms with E-state index in [1.807, 2.05) is 67.7 Å². The summed E-state index contributed by atoms with van der Waals surface area (Å²) < 4.78 is 7.96. The minimum absolute atomic E-state index is 0.0687. The SMILES string of the molecule is Cc1nnc(NC(=O)CCn2ccc3cc(OCc4ccccc4)ccc32)s1. The van der Waals surface area contributed by atoms with Gasteiger partial charge in [-0.3, -0.25) is 4.79 Å². The Bertz CT molecular complexity index is 1090. The number of anilines is 1. The lowest BCUT2D eigenvalue weighted by Gasteiger charge is -2.08. The van der Waals surface area contributed by atoms with Crippen LogP contribution >= 0.6 is 11.3 Å². The lowest BCUT2D eigenvalue weighted by molar-refractivity contribution is -0.116. The molecule has 0 radical (unpaired) electrons. The fraction of sp³-hybridized carbons (Fsp3) is 0.190. The molecular weight excluding hydrogens is 372 g/mol. The summed E-state index contributed by atoms with van der Waals surface area (Å²) in [4.78, 5) is 12.1. The van der Waals surface area contributed by atoms with Crippen molar-refractivity contribution in [3.05, 3.63) is 71.4 Å². The minimum Gasteiger partial charge on any atom is -0.489 e. The summed E-state index contributed by atoms with van der Waals surface area (Å²) in [5.74, 6) is 0.763. The van der Waals surface area contributed by atoms with Crippen LogP contribution in [-0.2, 0) is 17.9 Å². The third kappa shape index (κ3) is 4.37. The summed E-state index contributed by atoms with van der Waals surface area (Å²) in [5, 5.41) is 13.1. The fourth-order valence-corrected chi connectivity index (χ4v) is 3.56. The highest BCUT2D eigenvalue weighted by atomic mass is 32.1. The number of nitrogens with zero attached hydrogens (tertiary/aromatic N) is 3. The molecule has 4 aromatic rings. The van der Waals surface area contributed by atoms with Crippen LogP contribution in [0.1, 0.15) is 17.0 Å². The lowest BCUT2D eigenvalue weighted by Crippen LogP contribution is -2.14. The molecule has 0 aliphatic carbocycles. The molecule has 6 nitrogen and oxygen atoms in total. The van der Waals surface area contributed by atoms with Crippen molar-refractivity contribution in [2.24, 2.45) is 0 Å². The van der Waals surface area contributed by atoms with E-state index in [9.17, 15) is 4.79 Å². The van der Waals surface area contributed by atoms with Crippen LogP contribution in [0.5, 0.6) is 5.75 Å². The van der Waals surface area contributed by atoms with Crippen LogP contribution in [0.3, 0.4) is 0 Å². The quantitative estimate of drug-likeness (QED) is 0.506. The van der Waals surface area contributed by atoms with E-state index in [2.05, 4.69) is 20.1 Å². The molecule has 0 unspecified atom stereocenters. The highest BCUT2D eigenvalue weighted by molar-refractivity contribution is 7.15. The molecule has 28 heavy (non-hydrogen) atoms. The van der Waals surface area contributed by atoms with E-state index in [-0.39, 0.29) is 5.91 Å². The predicted octanol–water partition coefficient (Wildman–Crippen LogP) is 4.41. The van der Waals surface area contributed by atoms with Crippen molar-refractivity contribution in [2.45, 2.75) is 26.5 Å². The number of aryl methyl sites for hydroxylation is 2. The molecule has 2 aromatic carbocycles. The first-order valence-electron chi connectivity index (χ1n) is 9.03. The molecule has 4 rings (SSSR count). The number of benzene rings is 2. The van der Waals surface area contributed by atoms with Gasteiger partial charge in [-0.15, -0.1) is 10.2 Å². The summed E-state index contributed by atoms with van der Waals surface area (Å²) in [6.45, 7) is 2.99. The van der Waals surface area contributed by atoms with Crippen LogP contribution in [-0.4, -0.2) is 20.7 Å². The Morgan fingerprint density at radius 3 is 2.79 bits per heavy atom. The summed E-state index contributed by atoms with van der Waals surface area (Å²) in [5.41, 5.74) is 2.21. The van der Waals surface area contributed by atoms with Gasteiger partial charge >= 0.3 is 0 Å². The minimum atomic E-state index is -0.0687. The van der Waals surface area contributed by atoms with Gasteiger partial charge in [-0.1, -0.05) is 41.7 Å². The van der Waals surface area contributed by atoms with Crippen LogP contribution < -0.4 is 10.1 Å². The third-order valence-electron chi connectivity index (χ3n) is 4.34. The largest absolute Gasteiger partial charge is 0.489 e. The monoisotopic (exact) mass is 392 g/mol. The first kappa shape index (κ1) is 18.2. The van der Waals surface area contributed by atoms with Gasteiger partial charge in [0.2, 0.25) is 11.0 Å². The molecule has 0 saturated heterocycles. The van der Waals surface area contributed by atoms with Crippen molar-refractivity contribution in [1.82, 2.24) is 14.8 Å².